The molecule has 0 aromatic rings. The molecule has 1 aliphatic rings. The molecule has 1 heterocycles. The minimum absolute atomic E-state index is 1.16. The highest BCUT2D eigenvalue weighted by Gasteiger charge is 2.01. The SMILES string of the molecule is CN1CCN[13CH2]C1. The lowest BCUT2D eigenvalue weighted by Gasteiger charge is -2.21. The summed E-state index contributed by atoms with van der Waals surface area (Å²) >= 11 is 0. The first kappa shape index (κ1) is 5.06. The highest BCUT2D eigenvalue weighted by atomic mass is 15.2. The standard InChI is InChI=1S/C5H12N2/c1-7-4-2-6-3-5-7/h6H,2-5H2,1H3/i2+1. The number of nitrogens with one attached hydrogen (secondary N) is 1. The minimum Gasteiger partial charge on any atom is -0.314 e. The summed E-state index contributed by atoms with van der Waals surface area (Å²) in [7, 11) is 2.15. The molecule has 1 N–H and O–H groups in total. The van der Waals surface area contributed by atoms with Crippen molar-refractivity contribution in [2.45, 2.75) is 0 Å². The van der Waals surface area contributed by atoms with Gasteiger partial charge in [-0.2, -0.15) is 0 Å². The van der Waals surface area contributed by atoms with E-state index in [4.69, 9.17) is 0 Å². The van der Waals surface area contributed by atoms with Gasteiger partial charge in [0.05, 0.1) is 0 Å². The maximum absolute atomic E-state index is 3.27. The Kier molecular flexibility index (Phi) is 1.65. The van der Waals surface area contributed by atoms with Gasteiger partial charge in [-0.1, -0.05) is 0 Å². The highest BCUT2D eigenvalue weighted by Crippen LogP contribution is 1.82. The van der Waals surface area contributed by atoms with Crippen molar-refractivity contribution >= 4 is 0 Å². The lowest BCUT2D eigenvalue weighted by molar-refractivity contribution is 0.291. The number of hydrogen-bond donors (Lipinski definition) is 1. The lowest BCUT2D eigenvalue weighted by Crippen LogP contribution is -2.40. The molecule has 2 nitrogen and oxygen atoms in total. The molecule has 1 rings (SSSR count). The lowest BCUT2D eigenvalue weighted by atomic mass is 10.5. The molecular weight excluding hydrogens is 89.1 g/mol. The summed E-state index contributed by atoms with van der Waals surface area (Å²) in [6, 6.07) is 0. The predicted octanol–water partition coefficient (Wildman–Crippen LogP) is -0.479. The van der Waals surface area contributed by atoms with E-state index in [0.717, 1.165) is 13.1 Å². The Balaban J connectivity index is 2.12. The van der Waals surface area contributed by atoms with E-state index in [1.165, 1.54) is 13.1 Å². The Morgan fingerprint density at radius 3 is 2.14 bits per heavy atom. The molecule has 0 bridgehead atoms. The van der Waals surface area contributed by atoms with E-state index in [2.05, 4.69) is 17.3 Å². The van der Waals surface area contributed by atoms with E-state index in [1.54, 1.807) is 0 Å². The first-order chi connectivity index (χ1) is 3.39. The Morgan fingerprint density at radius 2 is 1.86 bits per heavy atom. The second-order valence-corrected chi connectivity index (χ2v) is 2.05. The molecule has 0 aromatic heterocycles. The molecule has 0 spiro atoms. The van der Waals surface area contributed by atoms with Gasteiger partial charge >= 0.3 is 0 Å². The second kappa shape index (κ2) is 2.28. The van der Waals surface area contributed by atoms with Crippen molar-refractivity contribution in [2.24, 2.45) is 0 Å². The van der Waals surface area contributed by atoms with Gasteiger partial charge in [-0.05, 0) is 7.05 Å². The molecule has 1 fully saturated rings. The van der Waals surface area contributed by atoms with E-state index in [-0.39, 0.29) is 0 Å². The summed E-state index contributed by atoms with van der Waals surface area (Å²) in [5.41, 5.74) is 0. The molecule has 0 amide bonds. The maximum Gasteiger partial charge on any atom is 0.0104 e. The molecule has 0 saturated carbocycles. The zero-order valence-corrected chi connectivity index (χ0v) is 4.78. The normalized spacial score (nSPS) is 25.3. The first-order valence-corrected chi connectivity index (χ1v) is 2.79. The van der Waals surface area contributed by atoms with Gasteiger partial charge in [0.2, 0.25) is 0 Å². The average Bonchev–Trinajstić information content (AvgIpc) is 1.69. The van der Waals surface area contributed by atoms with Crippen molar-refractivity contribution in [1.82, 2.24) is 10.2 Å². The Hall–Kier alpha value is -0.0800. The largest absolute Gasteiger partial charge is 0.314 e. The molecule has 1 saturated heterocycles. The van der Waals surface area contributed by atoms with Crippen LogP contribution >= 0.6 is 0 Å². The monoisotopic (exact) mass is 101 g/mol. The van der Waals surface area contributed by atoms with Gasteiger partial charge < -0.3 is 10.2 Å². The summed E-state index contributed by atoms with van der Waals surface area (Å²) in [6.07, 6.45) is 0. The molecule has 0 unspecified atom stereocenters. The van der Waals surface area contributed by atoms with Gasteiger partial charge in [-0.15, -0.1) is 0 Å². The maximum atomic E-state index is 3.27. The van der Waals surface area contributed by atoms with Crippen LogP contribution in [-0.4, -0.2) is 38.1 Å². The van der Waals surface area contributed by atoms with Crippen LogP contribution in [-0.2, 0) is 0 Å². The van der Waals surface area contributed by atoms with E-state index in [0.29, 0.717) is 0 Å². The number of likely N-dealkylation sites (N-methyl/N-ethyl adjacent to an activating group) is 1. The molecule has 1 aliphatic heterocycles. The Bertz CT molecular complexity index is 48.0. The van der Waals surface area contributed by atoms with Gasteiger partial charge in [0.1, 0.15) is 0 Å². The first-order valence-electron chi connectivity index (χ1n) is 2.79. The summed E-state index contributed by atoms with van der Waals surface area (Å²) in [4.78, 5) is 2.33. The molecule has 0 atom stereocenters. The van der Waals surface area contributed by atoms with Crippen LogP contribution in [0.3, 0.4) is 0 Å². The van der Waals surface area contributed by atoms with Crippen molar-refractivity contribution in [2.75, 3.05) is 33.2 Å². The molecule has 0 aromatic carbocycles. The fourth-order valence-electron chi connectivity index (χ4n) is 0.777. The fraction of sp³-hybridized carbons (Fsp3) is 1.00. The van der Waals surface area contributed by atoms with Gasteiger partial charge in [0.25, 0.3) is 0 Å². The summed E-state index contributed by atoms with van der Waals surface area (Å²) in [5.74, 6) is 0. The van der Waals surface area contributed by atoms with E-state index in [9.17, 15) is 0 Å². The third kappa shape index (κ3) is 1.45. The molecule has 42 valence electrons. The van der Waals surface area contributed by atoms with E-state index < -0.39 is 0 Å². The van der Waals surface area contributed by atoms with E-state index >= 15 is 0 Å². The summed E-state index contributed by atoms with van der Waals surface area (Å²) < 4.78 is 0. The van der Waals surface area contributed by atoms with Crippen LogP contribution in [0.25, 0.3) is 0 Å². The van der Waals surface area contributed by atoms with Crippen molar-refractivity contribution in [3.8, 4) is 0 Å². The predicted molar refractivity (Wildman–Crippen MR) is 30.4 cm³/mol. The van der Waals surface area contributed by atoms with Crippen LogP contribution < -0.4 is 5.32 Å². The van der Waals surface area contributed by atoms with Crippen LogP contribution in [0.5, 0.6) is 0 Å². The van der Waals surface area contributed by atoms with Crippen LogP contribution in [0, 0.1) is 0 Å². The zero-order valence-electron chi connectivity index (χ0n) is 4.78. The second-order valence-electron chi connectivity index (χ2n) is 2.05. The van der Waals surface area contributed by atoms with Gasteiger partial charge in [0.15, 0.2) is 0 Å². The van der Waals surface area contributed by atoms with Gasteiger partial charge in [0, 0.05) is 26.2 Å². The molecule has 0 aliphatic carbocycles. The van der Waals surface area contributed by atoms with Crippen LogP contribution in [0.2, 0.25) is 0 Å². The number of piperazine rings is 1. The molecular formula is C5H12N2. The van der Waals surface area contributed by atoms with Crippen molar-refractivity contribution in [3.63, 3.8) is 0 Å². The fourth-order valence-corrected chi connectivity index (χ4v) is 0.777. The van der Waals surface area contributed by atoms with Crippen LogP contribution in [0.4, 0.5) is 0 Å². The quantitative estimate of drug-likeness (QED) is 0.415. The average molecular weight is 101 g/mol. The third-order valence-corrected chi connectivity index (χ3v) is 1.34. The molecule has 7 heavy (non-hydrogen) atoms. The highest BCUT2D eigenvalue weighted by molar-refractivity contribution is 4.62. The summed E-state index contributed by atoms with van der Waals surface area (Å²) in [6.45, 7) is 4.74. The van der Waals surface area contributed by atoms with E-state index in [1.807, 2.05) is 0 Å². The molecule has 2 heteroatoms. The van der Waals surface area contributed by atoms with Gasteiger partial charge in [-0.3, -0.25) is 0 Å². The van der Waals surface area contributed by atoms with Crippen LogP contribution in [0.1, 0.15) is 0 Å². The number of nitrogens with zero attached hydrogens (tertiary/aromatic N) is 1. The topological polar surface area (TPSA) is 15.3 Å². The summed E-state index contributed by atoms with van der Waals surface area (Å²) in [5, 5.41) is 3.27. The van der Waals surface area contributed by atoms with Gasteiger partial charge in [-0.25, -0.2) is 0 Å². The smallest absolute Gasteiger partial charge is 0.0104 e. The zero-order chi connectivity index (χ0) is 5.11. The van der Waals surface area contributed by atoms with Crippen molar-refractivity contribution in [1.29, 1.82) is 0 Å². The minimum atomic E-state index is 1.16. The molecule has 0 radical (unpaired) electrons. The van der Waals surface area contributed by atoms with Crippen molar-refractivity contribution in [3.05, 3.63) is 0 Å². The Labute approximate surface area is 44.5 Å². The van der Waals surface area contributed by atoms with Crippen LogP contribution in [0.15, 0.2) is 0 Å². The Morgan fingerprint density at radius 1 is 1.29 bits per heavy atom. The number of rotatable bonds is 0. The third-order valence-electron chi connectivity index (χ3n) is 1.34. The van der Waals surface area contributed by atoms with Crippen molar-refractivity contribution < 1.29 is 0 Å². The number of hydrogen-bond acceptors (Lipinski definition) is 2.